The van der Waals surface area contributed by atoms with Crippen molar-refractivity contribution < 1.29 is 22.8 Å². The zero-order valence-corrected chi connectivity index (χ0v) is 16.2. The topological polar surface area (TPSA) is 113 Å². The van der Waals surface area contributed by atoms with Crippen molar-refractivity contribution in [2.24, 2.45) is 0 Å². The molecule has 0 saturated heterocycles. The van der Waals surface area contributed by atoms with Crippen LogP contribution in [0, 0.1) is 6.92 Å². The Labute approximate surface area is 162 Å². The third-order valence-electron chi connectivity index (χ3n) is 4.14. The number of amides is 3. The van der Waals surface area contributed by atoms with Gasteiger partial charge >= 0.3 is 0 Å². The SMILES string of the molecule is Cc1ccc2c(c1)C(=O)N(CCC(=O)Nc1cccc(NS(C)(=O)=O)c1)C2=O. The van der Waals surface area contributed by atoms with Gasteiger partial charge in [0.1, 0.15) is 0 Å². The van der Waals surface area contributed by atoms with Gasteiger partial charge in [0.2, 0.25) is 15.9 Å². The number of benzene rings is 2. The molecule has 146 valence electrons. The van der Waals surface area contributed by atoms with E-state index in [2.05, 4.69) is 10.0 Å². The molecule has 0 atom stereocenters. The number of hydrogen-bond acceptors (Lipinski definition) is 5. The summed E-state index contributed by atoms with van der Waals surface area (Å²) < 4.78 is 24.9. The molecule has 0 saturated carbocycles. The summed E-state index contributed by atoms with van der Waals surface area (Å²) in [5.41, 5.74) is 2.29. The van der Waals surface area contributed by atoms with Gasteiger partial charge in [-0.1, -0.05) is 17.7 Å². The highest BCUT2D eigenvalue weighted by molar-refractivity contribution is 7.92. The van der Waals surface area contributed by atoms with Gasteiger partial charge in [0, 0.05) is 18.7 Å². The second-order valence-corrected chi connectivity index (χ2v) is 8.31. The van der Waals surface area contributed by atoms with E-state index in [9.17, 15) is 22.8 Å². The number of carbonyl (C=O) groups excluding carboxylic acids is 3. The monoisotopic (exact) mass is 401 g/mol. The maximum atomic E-state index is 12.4. The van der Waals surface area contributed by atoms with E-state index < -0.39 is 27.7 Å². The summed E-state index contributed by atoms with van der Waals surface area (Å²) in [5, 5.41) is 2.63. The van der Waals surface area contributed by atoms with Crippen LogP contribution in [-0.2, 0) is 14.8 Å². The number of nitrogens with one attached hydrogen (secondary N) is 2. The van der Waals surface area contributed by atoms with Crippen molar-refractivity contribution in [2.45, 2.75) is 13.3 Å². The van der Waals surface area contributed by atoms with Crippen LogP contribution in [0.3, 0.4) is 0 Å². The van der Waals surface area contributed by atoms with Crippen LogP contribution in [0.2, 0.25) is 0 Å². The molecule has 3 rings (SSSR count). The number of fused-ring (bicyclic) bond motifs is 1. The first-order valence-corrected chi connectivity index (χ1v) is 10.4. The van der Waals surface area contributed by atoms with E-state index >= 15 is 0 Å². The molecule has 1 heterocycles. The maximum Gasteiger partial charge on any atom is 0.261 e. The fourth-order valence-corrected chi connectivity index (χ4v) is 3.47. The smallest absolute Gasteiger partial charge is 0.261 e. The lowest BCUT2D eigenvalue weighted by molar-refractivity contribution is -0.116. The molecule has 2 aromatic rings. The third-order valence-corrected chi connectivity index (χ3v) is 4.74. The minimum absolute atomic E-state index is 0.0431. The lowest BCUT2D eigenvalue weighted by atomic mass is 10.1. The molecule has 2 N–H and O–H groups in total. The molecule has 0 aliphatic carbocycles. The number of imide groups is 1. The van der Waals surface area contributed by atoms with E-state index in [1.165, 1.54) is 6.07 Å². The summed E-state index contributed by atoms with van der Waals surface area (Å²) in [6.45, 7) is 1.79. The van der Waals surface area contributed by atoms with Crippen LogP contribution < -0.4 is 10.0 Å². The highest BCUT2D eigenvalue weighted by atomic mass is 32.2. The summed E-state index contributed by atoms with van der Waals surface area (Å²) >= 11 is 0. The zero-order valence-electron chi connectivity index (χ0n) is 15.4. The molecular weight excluding hydrogens is 382 g/mol. The van der Waals surface area contributed by atoms with Crippen molar-refractivity contribution in [3.8, 4) is 0 Å². The van der Waals surface area contributed by atoms with E-state index in [4.69, 9.17) is 0 Å². The van der Waals surface area contributed by atoms with Crippen LogP contribution in [0.1, 0.15) is 32.7 Å². The number of anilines is 2. The Kier molecular flexibility index (Phi) is 5.19. The molecule has 0 unspecified atom stereocenters. The Balaban J connectivity index is 1.62. The van der Waals surface area contributed by atoms with Gasteiger partial charge in [-0.3, -0.25) is 24.0 Å². The summed E-state index contributed by atoms with van der Waals surface area (Å²) in [7, 11) is -3.43. The van der Waals surface area contributed by atoms with Crippen LogP contribution in [0.5, 0.6) is 0 Å². The van der Waals surface area contributed by atoms with E-state index in [-0.39, 0.29) is 13.0 Å². The standard InChI is InChI=1S/C19H19N3O5S/c1-12-6-7-15-16(10-12)19(25)22(18(15)24)9-8-17(23)20-13-4-3-5-14(11-13)21-28(2,26)27/h3-7,10-11,21H,8-9H2,1-2H3,(H,20,23). The highest BCUT2D eigenvalue weighted by Crippen LogP contribution is 2.24. The third kappa shape index (κ3) is 4.37. The Morgan fingerprint density at radius 1 is 1.00 bits per heavy atom. The second kappa shape index (κ2) is 7.43. The lowest BCUT2D eigenvalue weighted by Crippen LogP contribution is -2.32. The van der Waals surface area contributed by atoms with Crippen LogP contribution in [0.4, 0.5) is 11.4 Å². The molecule has 0 spiro atoms. The van der Waals surface area contributed by atoms with E-state index in [0.717, 1.165) is 16.7 Å². The van der Waals surface area contributed by atoms with E-state index in [1.54, 1.807) is 36.4 Å². The summed E-state index contributed by atoms with van der Waals surface area (Å²) in [4.78, 5) is 38.1. The first-order valence-electron chi connectivity index (χ1n) is 8.48. The van der Waals surface area contributed by atoms with Gasteiger partial charge in [-0.05, 0) is 37.3 Å². The van der Waals surface area contributed by atoms with Crippen molar-refractivity contribution >= 4 is 39.1 Å². The first-order chi connectivity index (χ1) is 13.1. The van der Waals surface area contributed by atoms with Gasteiger partial charge in [-0.15, -0.1) is 0 Å². The molecule has 9 heteroatoms. The van der Waals surface area contributed by atoms with E-state index in [1.807, 2.05) is 6.92 Å². The Morgan fingerprint density at radius 2 is 1.68 bits per heavy atom. The highest BCUT2D eigenvalue weighted by Gasteiger charge is 2.35. The molecule has 0 radical (unpaired) electrons. The quantitative estimate of drug-likeness (QED) is 0.719. The predicted molar refractivity (Wildman–Crippen MR) is 105 cm³/mol. The largest absolute Gasteiger partial charge is 0.326 e. The van der Waals surface area contributed by atoms with E-state index in [0.29, 0.717) is 22.5 Å². The number of hydrogen-bond donors (Lipinski definition) is 2. The van der Waals surface area contributed by atoms with Crippen LogP contribution >= 0.6 is 0 Å². The fraction of sp³-hybridized carbons (Fsp3) is 0.211. The minimum Gasteiger partial charge on any atom is -0.326 e. The zero-order chi connectivity index (χ0) is 20.5. The number of nitrogens with zero attached hydrogens (tertiary/aromatic N) is 1. The van der Waals surface area contributed by atoms with Gasteiger partial charge in [-0.2, -0.15) is 0 Å². The van der Waals surface area contributed by atoms with Gasteiger partial charge in [0.25, 0.3) is 11.8 Å². The normalized spacial score (nSPS) is 13.4. The molecular formula is C19H19N3O5S. The second-order valence-electron chi connectivity index (χ2n) is 6.56. The molecule has 0 aromatic heterocycles. The average Bonchev–Trinajstić information content (AvgIpc) is 2.82. The number of sulfonamides is 1. The molecule has 8 nitrogen and oxygen atoms in total. The van der Waals surface area contributed by atoms with Gasteiger partial charge in [0.15, 0.2) is 0 Å². The van der Waals surface area contributed by atoms with Crippen molar-refractivity contribution in [1.29, 1.82) is 0 Å². The van der Waals surface area contributed by atoms with Crippen LogP contribution in [0.15, 0.2) is 42.5 Å². The molecule has 1 aliphatic rings. The Hall–Kier alpha value is -3.20. The average molecular weight is 401 g/mol. The first kappa shape index (κ1) is 19.6. The van der Waals surface area contributed by atoms with Crippen molar-refractivity contribution in [1.82, 2.24) is 4.90 Å². The maximum absolute atomic E-state index is 12.4. The van der Waals surface area contributed by atoms with Gasteiger partial charge in [0.05, 0.1) is 23.1 Å². The predicted octanol–water partition coefficient (Wildman–Crippen LogP) is 1.99. The number of rotatable bonds is 6. The molecule has 28 heavy (non-hydrogen) atoms. The summed E-state index contributed by atoms with van der Waals surface area (Å²) in [6.07, 6.45) is 0.954. The molecule has 0 bridgehead atoms. The minimum atomic E-state index is -3.43. The summed E-state index contributed by atoms with van der Waals surface area (Å²) in [5.74, 6) is -1.22. The molecule has 3 amide bonds. The molecule has 1 aliphatic heterocycles. The molecule has 2 aromatic carbocycles. The van der Waals surface area contributed by atoms with Crippen LogP contribution in [-0.4, -0.2) is 43.8 Å². The number of carbonyl (C=O) groups is 3. The van der Waals surface area contributed by atoms with Crippen molar-refractivity contribution in [3.63, 3.8) is 0 Å². The van der Waals surface area contributed by atoms with Crippen LogP contribution in [0.25, 0.3) is 0 Å². The van der Waals surface area contributed by atoms with Gasteiger partial charge in [-0.25, -0.2) is 8.42 Å². The number of aryl methyl sites for hydroxylation is 1. The van der Waals surface area contributed by atoms with Crippen molar-refractivity contribution in [2.75, 3.05) is 22.8 Å². The van der Waals surface area contributed by atoms with Gasteiger partial charge < -0.3 is 5.32 Å². The Morgan fingerprint density at radius 3 is 2.39 bits per heavy atom. The molecule has 0 fully saturated rings. The summed E-state index contributed by atoms with van der Waals surface area (Å²) in [6, 6.07) is 11.3. The lowest BCUT2D eigenvalue weighted by Gasteiger charge is -2.14. The Bertz CT molecular complexity index is 1080. The fourth-order valence-electron chi connectivity index (χ4n) is 2.92. The van der Waals surface area contributed by atoms with Crippen molar-refractivity contribution in [3.05, 3.63) is 59.2 Å².